The second-order valence-electron chi connectivity index (χ2n) is 3.17. The minimum atomic E-state index is -1.08. The molecule has 88 valence electrons. The zero-order chi connectivity index (χ0) is 12.3. The fraction of sp³-hybridized carbons (Fsp3) is 0.222. The number of carboxylic acids is 1. The van der Waals surface area contributed by atoms with Crippen LogP contribution in [0.5, 0.6) is 5.75 Å². The van der Waals surface area contributed by atoms with Crippen molar-refractivity contribution >= 4 is 5.97 Å². The van der Waals surface area contributed by atoms with E-state index in [-0.39, 0.29) is 12.3 Å². The van der Waals surface area contributed by atoms with Crippen LogP contribution in [0.4, 0.5) is 0 Å². The molecule has 0 saturated heterocycles. The molecule has 0 radical (unpaired) electrons. The molecule has 2 aromatic rings. The lowest BCUT2D eigenvalue weighted by Crippen LogP contribution is -2.02. The number of ether oxygens (including phenoxy) is 1. The van der Waals surface area contributed by atoms with Crippen LogP contribution in [0.25, 0.3) is 0 Å². The van der Waals surface area contributed by atoms with Gasteiger partial charge in [0.05, 0.1) is 13.2 Å². The third kappa shape index (κ3) is 2.74. The van der Waals surface area contributed by atoms with Crippen LogP contribution in [0.2, 0.25) is 0 Å². The largest absolute Gasteiger partial charge is 0.484 e. The molecule has 0 atom stereocenters. The summed E-state index contributed by atoms with van der Waals surface area (Å²) < 4.78 is 5.31. The van der Waals surface area contributed by atoms with Gasteiger partial charge in [-0.05, 0) is 17.3 Å². The Labute approximate surface area is 95.9 Å². The van der Waals surface area contributed by atoms with Crippen LogP contribution in [0, 0.1) is 0 Å². The van der Waals surface area contributed by atoms with Gasteiger partial charge in [0.15, 0.2) is 6.61 Å². The Morgan fingerprint density at radius 1 is 1.53 bits per heavy atom. The van der Waals surface area contributed by atoms with Crippen LogP contribution < -0.4 is 4.74 Å². The van der Waals surface area contributed by atoms with Crippen LogP contribution in [-0.2, 0) is 13.7 Å². The molecule has 0 aliphatic carbocycles. The van der Waals surface area contributed by atoms with Crippen molar-refractivity contribution < 1.29 is 14.6 Å². The number of aromatic carboxylic acids is 1. The average Bonchev–Trinajstić information content (AvgIpc) is 2.73. The van der Waals surface area contributed by atoms with E-state index in [1.807, 2.05) is 0 Å². The van der Waals surface area contributed by atoms with Gasteiger partial charge < -0.3 is 9.84 Å². The van der Waals surface area contributed by atoms with Gasteiger partial charge in [-0.3, -0.25) is 0 Å². The van der Waals surface area contributed by atoms with Gasteiger partial charge in [0.2, 0.25) is 5.82 Å². The lowest BCUT2D eigenvalue weighted by atomic mass is 10.3. The predicted octanol–water partition coefficient (Wildman–Crippen LogP) is -0.118. The Bertz CT molecular complexity index is 522. The standard InChI is InChI=1S/C9H9N5O3/c1-14-12-8(11-13-14)5-17-6-2-3-7(9(15)16)10-4-6/h2-4H,5H2,1H3,(H,15,16). The first-order valence-electron chi connectivity index (χ1n) is 4.70. The fourth-order valence-electron chi connectivity index (χ4n) is 1.12. The topological polar surface area (TPSA) is 103 Å². The minimum absolute atomic E-state index is 0.0324. The molecule has 8 heteroatoms. The summed E-state index contributed by atoms with van der Waals surface area (Å²) in [6.45, 7) is 0.155. The van der Waals surface area contributed by atoms with Crippen molar-refractivity contribution in [2.24, 2.45) is 7.05 Å². The highest BCUT2D eigenvalue weighted by atomic mass is 16.5. The molecule has 2 heterocycles. The van der Waals surface area contributed by atoms with E-state index >= 15 is 0 Å². The van der Waals surface area contributed by atoms with E-state index in [2.05, 4.69) is 20.4 Å². The van der Waals surface area contributed by atoms with Gasteiger partial charge in [-0.2, -0.15) is 4.80 Å². The van der Waals surface area contributed by atoms with Gasteiger partial charge in [0, 0.05) is 0 Å². The summed E-state index contributed by atoms with van der Waals surface area (Å²) in [5.74, 6) is -0.190. The maximum atomic E-state index is 10.6. The highest BCUT2D eigenvalue weighted by Crippen LogP contribution is 2.10. The van der Waals surface area contributed by atoms with Crippen LogP contribution in [-0.4, -0.2) is 36.3 Å². The summed E-state index contributed by atoms with van der Waals surface area (Å²) in [7, 11) is 1.65. The summed E-state index contributed by atoms with van der Waals surface area (Å²) in [5, 5.41) is 20.0. The molecule has 0 spiro atoms. The molecule has 0 aromatic carbocycles. The van der Waals surface area contributed by atoms with Crippen LogP contribution in [0.3, 0.4) is 0 Å². The molecule has 0 aliphatic heterocycles. The second kappa shape index (κ2) is 4.56. The number of tetrazole rings is 1. The Balaban J connectivity index is 1.97. The molecule has 0 unspecified atom stereocenters. The highest BCUT2D eigenvalue weighted by Gasteiger charge is 2.05. The molecule has 2 rings (SSSR count). The number of rotatable bonds is 4. The molecule has 0 saturated carbocycles. The van der Waals surface area contributed by atoms with Gasteiger partial charge in [-0.15, -0.1) is 10.2 Å². The van der Waals surface area contributed by atoms with E-state index in [1.54, 1.807) is 7.05 Å². The molecule has 0 aliphatic rings. The van der Waals surface area contributed by atoms with Crippen LogP contribution in [0.15, 0.2) is 18.3 Å². The summed E-state index contributed by atoms with van der Waals surface area (Å²) >= 11 is 0. The van der Waals surface area contributed by atoms with Gasteiger partial charge in [0.1, 0.15) is 11.4 Å². The molecule has 0 fully saturated rings. The first kappa shape index (κ1) is 11.0. The normalized spacial score (nSPS) is 10.2. The minimum Gasteiger partial charge on any atom is -0.484 e. The third-order valence-corrected chi connectivity index (χ3v) is 1.87. The summed E-state index contributed by atoms with van der Waals surface area (Å²) in [5.41, 5.74) is -0.0324. The number of carboxylic acid groups (broad SMARTS) is 1. The number of carbonyl (C=O) groups is 1. The molecular formula is C9H9N5O3. The Hall–Kier alpha value is -2.51. The third-order valence-electron chi connectivity index (χ3n) is 1.87. The van der Waals surface area contributed by atoms with Crippen molar-refractivity contribution in [3.05, 3.63) is 29.8 Å². The fourth-order valence-corrected chi connectivity index (χ4v) is 1.12. The Morgan fingerprint density at radius 3 is 2.88 bits per heavy atom. The zero-order valence-corrected chi connectivity index (χ0v) is 8.94. The number of hydrogen-bond donors (Lipinski definition) is 1. The molecule has 8 nitrogen and oxygen atoms in total. The molecule has 0 bridgehead atoms. The van der Waals surface area contributed by atoms with Crippen molar-refractivity contribution in [1.29, 1.82) is 0 Å². The lowest BCUT2D eigenvalue weighted by molar-refractivity contribution is 0.0690. The van der Waals surface area contributed by atoms with Crippen molar-refractivity contribution in [3.8, 4) is 5.75 Å². The van der Waals surface area contributed by atoms with Gasteiger partial charge in [-0.1, -0.05) is 0 Å². The van der Waals surface area contributed by atoms with Crippen molar-refractivity contribution in [2.75, 3.05) is 0 Å². The van der Waals surface area contributed by atoms with E-state index in [9.17, 15) is 4.79 Å². The molecular weight excluding hydrogens is 226 g/mol. The maximum absolute atomic E-state index is 10.6. The lowest BCUT2D eigenvalue weighted by Gasteiger charge is -2.02. The maximum Gasteiger partial charge on any atom is 0.354 e. The van der Waals surface area contributed by atoms with Crippen molar-refractivity contribution in [3.63, 3.8) is 0 Å². The average molecular weight is 235 g/mol. The SMILES string of the molecule is Cn1nnc(COc2ccc(C(=O)O)nc2)n1. The Kier molecular flexibility index (Phi) is 2.95. The smallest absolute Gasteiger partial charge is 0.354 e. The van der Waals surface area contributed by atoms with Crippen LogP contribution >= 0.6 is 0 Å². The van der Waals surface area contributed by atoms with Crippen LogP contribution in [0.1, 0.15) is 16.3 Å². The Morgan fingerprint density at radius 2 is 2.35 bits per heavy atom. The molecule has 17 heavy (non-hydrogen) atoms. The van der Waals surface area contributed by atoms with E-state index < -0.39 is 5.97 Å². The number of pyridine rings is 1. The van der Waals surface area contributed by atoms with E-state index in [0.29, 0.717) is 11.6 Å². The predicted molar refractivity (Wildman–Crippen MR) is 54.3 cm³/mol. The summed E-state index contributed by atoms with van der Waals surface area (Å²) in [6.07, 6.45) is 1.33. The number of aryl methyl sites for hydroxylation is 1. The number of hydrogen-bond acceptors (Lipinski definition) is 6. The molecule has 2 aromatic heterocycles. The first-order valence-corrected chi connectivity index (χ1v) is 4.70. The molecule has 1 N–H and O–H groups in total. The van der Waals surface area contributed by atoms with Gasteiger partial charge >= 0.3 is 5.97 Å². The molecule has 0 amide bonds. The summed E-state index contributed by atoms with van der Waals surface area (Å²) in [4.78, 5) is 15.6. The summed E-state index contributed by atoms with van der Waals surface area (Å²) in [6, 6.07) is 2.88. The van der Waals surface area contributed by atoms with E-state index in [1.165, 1.54) is 23.1 Å². The van der Waals surface area contributed by atoms with E-state index in [4.69, 9.17) is 9.84 Å². The first-order chi connectivity index (χ1) is 8.15. The van der Waals surface area contributed by atoms with Crippen molar-refractivity contribution in [2.45, 2.75) is 6.61 Å². The van der Waals surface area contributed by atoms with Gasteiger partial charge in [-0.25, -0.2) is 9.78 Å². The number of nitrogens with zero attached hydrogens (tertiary/aromatic N) is 5. The monoisotopic (exact) mass is 235 g/mol. The number of aromatic nitrogens is 5. The van der Waals surface area contributed by atoms with E-state index in [0.717, 1.165) is 0 Å². The van der Waals surface area contributed by atoms with Gasteiger partial charge in [0.25, 0.3) is 0 Å². The quantitative estimate of drug-likeness (QED) is 0.787. The van der Waals surface area contributed by atoms with Crippen molar-refractivity contribution in [1.82, 2.24) is 25.2 Å². The highest BCUT2D eigenvalue weighted by molar-refractivity contribution is 5.85. The zero-order valence-electron chi connectivity index (χ0n) is 8.94. The second-order valence-corrected chi connectivity index (χ2v) is 3.17.